The summed E-state index contributed by atoms with van der Waals surface area (Å²) in [5.41, 5.74) is 0. The van der Waals surface area contributed by atoms with Gasteiger partial charge in [0.15, 0.2) is 0 Å². The Kier molecular flexibility index (Phi) is 0.959. The molecule has 0 atom stereocenters. The zero-order chi connectivity index (χ0) is 5.91. The maximum absolute atomic E-state index is 10.8. The highest BCUT2D eigenvalue weighted by atomic mass is 19.4. The fourth-order valence-corrected chi connectivity index (χ4v) is 0. The van der Waals surface area contributed by atoms with Gasteiger partial charge in [0.2, 0.25) is 1.43 Å². The van der Waals surface area contributed by atoms with Gasteiger partial charge in [-0.15, -0.1) is 0 Å². The molecule has 0 saturated carbocycles. The molecule has 0 bridgehead atoms. The van der Waals surface area contributed by atoms with Crippen molar-refractivity contribution in [3.8, 4) is 0 Å². The number of rotatable bonds is 1. The normalized spacial score (nSPS) is 14.2. The molecule has 0 spiro atoms. The summed E-state index contributed by atoms with van der Waals surface area (Å²) in [7, 11) is 0. The van der Waals surface area contributed by atoms with E-state index in [4.69, 9.17) is 1.43 Å². The Labute approximate surface area is 33.9 Å². The lowest BCUT2D eigenvalue weighted by Gasteiger charge is -1.95. The van der Waals surface area contributed by atoms with Gasteiger partial charge < -0.3 is 5.11 Å². The number of hydrogen-bond acceptors (Lipinski definition) is 1. The van der Waals surface area contributed by atoms with Crippen LogP contribution in [-0.2, 0) is 0 Å². The maximum Gasteiger partial charge on any atom is 0.411 e. The minimum Gasteiger partial charge on any atom is -0.387 e. The van der Waals surface area contributed by atoms with Gasteiger partial charge in [0.25, 0.3) is 0 Å². The first-order valence-corrected chi connectivity index (χ1v) is 1.21. The molecule has 0 unspecified atom stereocenters. The molecule has 0 aromatic heterocycles. The van der Waals surface area contributed by atoms with E-state index < -0.39 is 12.8 Å². The van der Waals surface area contributed by atoms with Gasteiger partial charge in [-0.1, -0.05) is 0 Å². The van der Waals surface area contributed by atoms with Crippen molar-refractivity contribution in [1.82, 2.24) is 0 Å². The van der Waals surface area contributed by atoms with Crippen molar-refractivity contribution in [2.24, 2.45) is 0 Å². The van der Waals surface area contributed by atoms with Crippen LogP contribution in [0.15, 0.2) is 0 Å². The molecule has 0 aliphatic carbocycles. The van der Waals surface area contributed by atoms with Crippen LogP contribution in [0.5, 0.6) is 0 Å². The summed E-state index contributed by atoms with van der Waals surface area (Å²) in [6.07, 6.45) is -4.36. The molecule has 0 aliphatic rings. The molecule has 1 N–H and O–H groups in total. The Morgan fingerprint density at radius 1 is 1.67 bits per heavy atom. The van der Waals surface area contributed by atoms with Crippen LogP contribution >= 0.6 is 0 Å². The predicted octanol–water partition coefficient (Wildman–Crippen LogP) is 0.541. The van der Waals surface area contributed by atoms with Gasteiger partial charge in [-0.3, -0.25) is 0 Å². The van der Waals surface area contributed by atoms with E-state index in [0.29, 0.717) is 0 Å². The fourth-order valence-electron chi connectivity index (χ4n) is 0. The topological polar surface area (TPSA) is 20.2 Å². The van der Waals surface area contributed by atoms with Crippen molar-refractivity contribution >= 4 is 0 Å². The minimum atomic E-state index is -4.36. The van der Waals surface area contributed by atoms with Crippen LogP contribution in [0, 0.1) is 0 Å². The molecular weight excluding hydrogens is 97.0 g/mol. The third-order valence-electron chi connectivity index (χ3n) is 0.164. The SMILES string of the molecule is [2H]OCC(F)(F)F. The van der Waals surface area contributed by atoms with Crippen molar-refractivity contribution in [2.75, 3.05) is 6.61 Å². The van der Waals surface area contributed by atoms with E-state index in [2.05, 4.69) is 5.11 Å². The number of halogens is 3. The molecule has 0 amide bonds. The van der Waals surface area contributed by atoms with Gasteiger partial charge in [0.1, 0.15) is 6.61 Å². The van der Waals surface area contributed by atoms with Gasteiger partial charge in [-0.2, -0.15) is 13.2 Å². The van der Waals surface area contributed by atoms with Crippen molar-refractivity contribution in [2.45, 2.75) is 6.18 Å². The third-order valence-corrected chi connectivity index (χ3v) is 0.164. The maximum atomic E-state index is 10.8. The molecule has 0 rings (SSSR count). The minimum absolute atomic E-state index is 1.49. The Balaban J connectivity index is 3.15. The zero-order valence-corrected chi connectivity index (χ0v) is 2.75. The molecule has 38 valence electrons. The van der Waals surface area contributed by atoms with Crippen LogP contribution in [0.4, 0.5) is 13.2 Å². The highest BCUT2D eigenvalue weighted by Gasteiger charge is 2.24. The van der Waals surface area contributed by atoms with E-state index in [0.717, 1.165) is 0 Å². The van der Waals surface area contributed by atoms with Gasteiger partial charge in [-0.25, -0.2) is 0 Å². The Morgan fingerprint density at radius 2 is 2.17 bits per heavy atom. The molecule has 0 fully saturated rings. The van der Waals surface area contributed by atoms with Crippen molar-refractivity contribution in [1.29, 1.82) is 1.43 Å². The van der Waals surface area contributed by atoms with Crippen LogP contribution in [0.2, 0.25) is 0 Å². The molecular formula is C2H3F3O. The predicted molar refractivity (Wildman–Crippen MR) is 13.1 cm³/mol. The van der Waals surface area contributed by atoms with E-state index in [1.807, 2.05) is 0 Å². The summed E-state index contributed by atoms with van der Waals surface area (Å²) in [5, 5.41) is 3.03. The van der Waals surface area contributed by atoms with Gasteiger partial charge >= 0.3 is 6.18 Å². The third kappa shape index (κ3) is 3.75. The van der Waals surface area contributed by atoms with Crippen LogP contribution in [0.1, 0.15) is 0 Å². The molecule has 6 heavy (non-hydrogen) atoms. The molecule has 4 heteroatoms. The van der Waals surface area contributed by atoms with E-state index >= 15 is 0 Å². The second kappa shape index (κ2) is 1.47. The Hall–Kier alpha value is -0.250. The quantitative estimate of drug-likeness (QED) is 0.511. The number of aliphatic hydroxyl groups excluding tert-OH is 1. The van der Waals surface area contributed by atoms with Crippen molar-refractivity contribution < 1.29 is 18.3 Å². The van der Waals surface area contributed by atoms with Crippen molar-refractivity contribution in [3.63, 3.8) is 0 Å². The first kappa shape index (κ1) is 3.92. The lowest BCUT2D eigenvalue weighted by molar-refractivity contribution is -0.159. The van der Waals surface area contributed by atoms with Gasteiger partial charge in [-0.05, 0) is 0 Å². The number of alkyl halides is 3. The van der Waals surface area contributed by atoms with Gasteiger partial charge in [0.05, 0.1) is 0 Å². The largest absolute Gasteiger partial charge is 0.411 e. The van der Waals surface area contributed by atoms with E-state index in [1.54, 1.807) is 0 Å². The summed E-state index contributed by atoms with van der Waals surface area (Å²) in [6.45, 7) is -1.49. The molecule has 0 aliphatic heterocycles. The van der Waals surface area contributed by atoms with E-state index in [1.165, 1.54) is 0 Å². The first-order chi connectivity index (χ1) is 3.06. The number of aliphatic hydroxyl groups is 1. The highest BCUT2D eigenvalue weighted by molar-refractivity contribution is 4.39. The zero-order valence-electron chi connectivity index (χ0n) is 3.75. The standard InChI is InChI=1S/C2H3F3O/c3-2(4,5)1-6/h6H,1H2/i6D. The van der Waals surface area contributed by atoms with Gasteiger partial charge in [0, 0.05) is 0 Å². The smallest absolute Gasteiger partial charge is 0.387 e. The highest BCUT2D eigenvalue weighted by Crippen LogP contribution is 2.11. The van der Waals surface area contributed by atoms with Crippen LogP contribution in [0.3, 0.4) is 0 Å². The molecule has 0 saturated heterocycles. The summed E-state index contributed by atoms with van der Waals surface area (Å²) < 4.78 is 38.1. The number of hydrogen-bond donors (Lipinski definition) is 1. The fraction of sp³-hybridized carbons (Fsp3) is 1.00. The van der Waals surface area contributed by atoms with E-state index in [9.17, 15) is 13.2 Å². The Bertz CT molecular complexity index is 51.4. The lowest BCUT2D eigenvalue weighted by Crippen LogP contribution is -2.12. The summed E-state index contributed by atoms with van der Waals surface area (Å²) >= 11 is 0. The molecule has 0 heterocycles. The average molecular weight is 101 g/mol. The molecule has 1 nitrogen and oxygen atoms in total. The monoisotopic (exact) mass is 101 g/mol. The van der Waals surface area contributed by atoms with E-state index in [-0.39, 0.29) is 0 Å². The van der Waals surface area contributed by atoms with Crippen LogP contribution in [-0.4, -0.2) is 19.3 Å². The summed E-state index contributed by atoms with van der Waals surface area (Å²) in [5.74, 6) is 0. The summed E-state index contributed by atoms with van der Waals surface area (Å²) in [6, 6.07) is 0. The first-order valence-electron chi connectivity index (χ1n) is 1.62. The Morgan fingerprint density at radius 3 is 2.17 bits per heavy atom. The second-order valence-electron chi connectivity index (χ2n) is 0.760. The molecule has 0 aromatic rings. The second-order valence-corrected chi connectivity index (χ2v) is 0.760. The lowest BCUT2D eigenvalue weighted by atomic mass is 10.7. The van der Waals surface area contributed by atoms with Crippen LogP contribution < -0.4 is 0 Å². The average Bonchev–Trinajstić information content (AvgIpc) is 1.30. The molecule has 0 radical (unpaired) electrons. The summed E-state index contributed by atoms with van der Waals surface area (Å²) in [4.78, 5) is 0. The van der Waals surface area contributed by atoms with Crippen LogP contribution in [0.25, 0.3) is 0 Å². The molecule has 0 aromatic carbocycles. The van der Waals surface area contributed by atoms with Crippen molar-refractivity contribution in [3.05, 3.63) is 0 Å².